The van der Waals surface area contributed by atoms with Gasteiger partial charge in [0.15, 0.2) is 0 Å². The number of nitrogens with one attached hydrogen (secondary N) is 1. The standard InChI is InChI=1S/C18H22N6O3/c1-26-8-9-27-15-4-2-13(3-5-15)21-17(25)16-10-14(11-19)22-18(23-16)24-7-6-20-12-24/h6-7,10,12-13,15H,2-5,8-9H2,1H3,(H,21,25). The Hall–Kier alpha value is -2.83. The molecular formula is C18H22N6O3. The minimum atomic E-state index is -0.306. The second-order valence-electron chi connectivity index (χ2n) is 6.33. The molecule has 0 saturated heterocycles. The highest BCUT2D eigenvalue weighted by atomic mass is 16.5. The second kappa shape index (κ2) is 9.21. The average Bonchev–Trinajstić information content (AvgIpc) is 3.24. The summed E-state index contributed by atoms with van der Waals surface area (Å²) in [4.78, 5) is 24.9. The molecule has 1 aliphatic carbocycles. The van der Waals surface area contributed by atoms with Crippen LogP contribution >= 0.6 is 0 Å². The number of hydrogen-bond donors (Lipinski definition) is 1. The normalized spacial score (nSPS) is 19.4. The molecule has 27 heavy (non-hydrogen) atoms. The number of methoxy groups -OCH3 is 1. The number of carbonyl (C=O) groups is 1. The molecule has 1 saturated carbocycles. The number of nitrogens with zero attached hydrogens (tertiary/aromatic N) is 5. The number of hydrogen-bond acceptors (Lipinski definition) is 7. The van der Waals surface area contributed by atoms with Crippen molar-refractivity contribution in [2.75, 3.05) is 20.3 Å². The molecule has 0 aromatic carbocycles. The number of imidazole rings is 1. The first kappa shape index (κ1) is 18.9. The van der Waals surface area contributed by atoms with Crippen LogP contribution < -0.4 is 5.32 Å². The summed E-state index contributed by atoms with van der Waals surface area (Å²) in [6, 6.07) is 3.43. The van der Waals surface area contributed by atoms with Gasteiger partial charge >= 0.3 is 0 Å². The Kier molecular flexibility index (Phi) is 6.46. The van der Waals surface area contributed by atoms with E-state index in [0.29, 0.717) is 13.2 Å². The monoisotopic (exact) mass is 370 g/mol. The van der Waals surface area contributed by atoms with Gasteiger partial charge in [0, 0.05) is 31.6 Å². The highest BCUT2D eigenvalue weighted by Crippen LogP contribution is 2.21. The molecule has 1 N–H and O–H groups in total. The zero-order chi connectivity index (χ0) is 19.1. The third kappa shape index (κ3) is 5.09. The van der Waals surface area contributed by atoms with Crippen molar-refractivity contribution in [1.82, 2.24) is 24.8 Å². The molecular weight excluding hydrogens is 348 g/mol. The van der Waals surface area contributed by atoms with Crippen molar-refractivity contribution in [2.45, 2.75) is 37.8 Å². The molecule has 0 bridgehead atoms. The molecule has 0 aliphatic heterocycles. The van der Waals surface area contributed by atoms with Crippen LogP contribution in [0.2, 0.25) is 0 Å². The highest BCUT2D eigenvalue weighted by molar-refractivity contribution is 5.92. The van der Waals surface area contributed by atoms with Crippen LogP contribution in [0, 0.1) is 11.3 Å². The molecule has 1 amide bonds. The molecule has 1 fully saturated rings. The molecule has 0 radical (unpaired) electrons. The largest absolute Gasteiger partial charge is 0.382 e. The van der Waals surface area contributed by atoms with Gasteiger partial charge in [0.2, 0.25) is 5.95 Å². The molecule has 2 aromatic rings. The van der Waals surface area contributed by atoms with Gasteiger partial charge in [0.1, 0.15) is 23.8 Å². The zero-order valence-corrected chi connectivity index (χ0v) is 15.2. The summed E-state index contributed by atoms with van der Waals surface area (Å²) in [5.74, 6) is -0.0639. The summed E-state index contributed by atoms with van der Waals surface area (Å²) in [5, 5.41) is 12.2. The molecule has 1 aliphatic rings. The SMILES string of the molecule is COCCOC1CCC(NC(=O)c2cc(C#N)nc(-n3ccnc3)n2)CC1. The number of amides is 1. The number of aromatic nitrogens is 4. The fraction of sp³-hybridized carbons (Fsp3) is 0.500. The molecule has 3 rings (SSSR count). The van der Waals surface area contributed by atoms with Crippen LogP contribution in [0.1, 0.15) is 41.9 Å². The smallest absolute Gasteiger partial charge is 0.270 e. The number of rotatable bonds is 7. The van der Waals surface area contributed by atoms with Gasteiger partial charge in [0.25, 0.3) is 5.91 Å². The number of ether oxygens (including phenoxy) is 2. The summed E-state index contributed by atoms with van der Waals surface area (Å²) in [6.45, 7) is 1.18. The van der Waals surface area contributed by atoms with E-state index < -0.39 is 0 Å². The van der Waals surface area contributed by atoms with E-state index in [1.54, 1.807) is 24.1 Å². The van der Waals surface area contributed by atoms with Crippen molar-refractivity contribution in [2.24, 2.45) is 0 Å². The van der Waals surface area contributed by atoms with E-state index in [9.17, 15) is 10.1 Å². The van der Waals surface area contributed by atoms with Gasteiger partial charge in [-0.15, -0.1) is 0 Å². The average molecular weight is 370 g/mol. The van der Waals surface area contributed by atoms with E-state index in [0.717, 1.165) is 25.7 Å². The fourth-order valence-corrected chi connectivity index (χ4v) is 3.03. The van der Waals surface area contributed by atoms with Crippen LogP contribution in [0.15, 0.2) is 24.8 Å². The van der Waals surface area contributed by atoms with Crippen LogP contribution in [0.4, 0.5) is 0 Å². The Morgan fingerprint density at radius 3 is 2.81 bits per heavy atom. The minimum absolute atomic E-state index is 0.0666. The maximum atomic E-state index is 12.6. The van der Waals surface area contributed by atoms with Crippen LogP contribution in [0.5, 0.6) is 0 Å². The molecule has 0 unspecified atom stereocenters. The first-order chi connectivity index (χ1) is 13.2. The van der Waals surface area contributed by atoms with Crippen molar-refractivity contribution in [1.29, 1.82) is 5.26 Å². The van der Waals surface area contributed by atoms with E-state index in [1.807, 2.05) is 6.07 Å². The van der Waals surface area contributed by atoms with Gasteiger partial charge in [0.05, 0.1) is 19.3 Å². The van der Waals surface area contributed by atoms with Crippen molar-refractivity contribution in [3.8, 4) is 12.0 Å². The summed E-state index contributed by atoms with van der Waals surface area (Å²) in [7, 11) is 1.65. The van der Waals surface area contributed by atoms with Crippen molar-refractivity contribution in [3.63, 3.8) is 0 Å². The minimum Gasteiger partial charge on any atom is -0.382 e. The molecule has 0 spiro atoms. The van der Waals surface area contributed by atoms with Gasteiger partial charge in [-0.1, -0.05) is 0 Å². The topological polar surface area (TPSA) is 115 Å². The second-order valence-corrected chi connectivity index (χ2v) is 6.33. The number of carbonyl (C=O) groups excluding carboxylic acids is 1. The Balaban J connectivity index is 1.60. The Labute approximate surface area is 157 Å². The van der Waals surface area contributed by atoms with Gasteiger partial charge in [-0.25, -0.2) is 15.0 Å². The lowest BCUT2D eigenvalue weighted by Gasteiger charge is -2.29. The molecule has 9 nitrogen and oxygen atoms in total. The highest BCUT2D eigenvalue weighted by Gasteiger charge is 2.24. The third-order valence-corrected chi connectivity index (χ3v) is 4.45. The van der Waals surface area contributed by atoms with Crippen LogP contribution in [-0.2, 0) is 9.47 Å². The lowest BCUT2D eigenvalue weighted by molar-refractivity contribution is -0.00409. The summed E-state index contributed by atoms with van der Waals surface area (Å²) in [6.07, 6.45) is 8.43. The van der Waals surface area contributed by atoms with E-state index in [2.05, 4.69) is 20.3 Å². The summed E-state index contributed by atoms with van der Waals surface area (Å²) in [5.41, 5.74) is 0.304. The molecule has 2 aromatic heterocycles. The van der Waals surface area contributed by atoms with E-state index in [-0.39, 0.29) is 35.4 Å². The van der Waals surface area contributed by atoms with Crippen molar-refractivity contribution in [3.05, 3.63) is 36.2 Å². The fourth-order valence-electron chi connectivity index (χ4n) is 3.03. The van der Waals surface area contributed by atoms with Gasteiger partial charge in [-0.05, 0) is 25.7 Å². The first-order valence-electron chi connectivity index (χ1n) is 8.88. The maximum Gasteiger partial charge on any atom is 0.270 e. The third-order valence-electron chi connectivity index (χ3n) is 4.45. The number of nitriles is 1. The first-order valence-corrected chi connectivity index (χ1v) is 8.88. The summed E-state index contributed by atoms with van der Waals surface area (Å²) < 4.78 is 12.3. The van der Waals surface area contributed by atoms with Crippen LogP contribution in [0.25, 0.3) is 5.95 Å². The van der Waals surface area contributed by atoms with E-state index in [4.69, 9.17) is 9.47 Å². The van der Waals surface area contributed by atoms with Crippen LogP contribution in [0.3, 0.4) is 0 Å². The lowest BCUT2D eigenvalue weighted by atomic mass is 9.93. The van der Waals surface area contributed by atoms with Gasteiger partial charge in [-0.3, -0.25) is 9.36 Å². The lowest BCUT2D eigenvalue weighted by Crippen LogP contribution is -2.39. The molecule has 2 heterocycles. The maximum absolute atomic E-state index is 12.6. The van der Waals surface area contributed by atoms with Gasteiger partial charge in [-0.2, -0.15) is 5.26 Å². The Morgan fingerprint density at radius 1 is 1.33 bits per heavy atom. The predicted octanol–water partition coefficient (Wildman–Crippen LogP) is 1.24. The van der Waals surface area contributed by atoms with E-state index in [1.165, 1.54) is 12.4 Å². The molecule has 0 atom stereocenters. The zero-order valence-electron chi connectivity index (χ0n) is 15.2. The van der Waals surface area contributed by atoms with Crippen molar-refractivity contribution >= 4 is 5.91 Å². The van der Waals surface area contributed by atoms with Crippen molar-refractivity contribution < 1.29 is 14.3 Å². The summed E-state index contributed by atoms with van der Waals surface area (Å²) >= 11 is 0. The molecule has 142 valence electrons. The van der Waals surface area contributed by atoms with Gasteiger partial charge < -0.3 is 14.8 Å². The predicted molar refractivity (Wildman–Crippen MR) is 95.2 cm³/mol. The van der Waals surface area contributed by atoms with Crippen LogP contribution in [-0.4, -0.2) is 57.9 Å². The Morgan fingerprint density at radius 2 is 2.15 bits per heavy atom. The molecule has 9 heteroatoms. The van der Waals surface area contributed by atoms with E-state index >= 15 is 0 Å². The Bertz CT molecular complexity index is 794. The quantitative estimate of drug-likeness (QED) is 0.729.